The maximum atomic E-state index is 12.4. The minimum absolute atomic E-state index is 0.163. The van der Waals surface area contributed by atoms with Gasteiger partial charge in [-0.2, -0.15) is 0 Å². The number of hydrogen-bond acceptors (Lipinski definition) is 4. The number of rotatable bonds is 8. The Kier molecular flexibility index (Phi) is 5.35. The van der Waals surface area contributed by atoms with Gasteiger partial charge in [-0.3, -0.25) is 4.90 Å². The zero-order valence-corrected chi connectivity index (χ0v) is 13.9. The molecule has 1 aromatic carbocycles. The van der Waals surface area contributed by atoms with Crippen molar-refractivity contribution < 1.29 is 8.42 Å². The van der Waals surface area contributed by atoms with Crippen LogP contribution in [0.4, 0.5) is 0 Å². The molecule has 1 aliphatic rings. The Morgan fingerprint density at radius 3 is 2.38 bits per heavy atom. The minimum atomic E-state index is -3.25. The number of nitrogens with zero attached hydrogens (tertiary/aromatic N) is 1. The lowest BCUT2D eigenvalue weighted by molar-refractivity contribution is 0.279. The van der Waals surface area contributed by atoms with Gasteiger partial charge in [-0.1, -0.05) is 31.3 Å². The number of nitrogens with two attached hydrogens (primary N) is 1. The molecule has 116 valence electrons. The molecule has 4 nitrogen and oxygen atoms in total. The second kappa shape index (κ2) is 6.85. The Balaban J connectivity index is 2.01. The molecule has 21 heavy (non-hydrogen) atoms. The second-order valence-corrected chi connectivity index (χ2v) is 8.02. The third-order valence-corrected chi connectivity index (χ3v) is 5.67. The number of sulfone groups is 1. The Morgan fingerprint density at radius 1 is 1.29 bits per heavy atom. The van der Waals surface area contributed by atoms with E-state index in [-0.39, 0.29) is 10.7 Å². The molecular weight excluding hydrogens is 304 g/mol. The van der Waals surface area contributed by atoms with E-state index in [1.54, 1.807) is 24.3 Å². The quantitative estimate of drug-likeness (QED) is 0.740. The van der Waals surface area contributed by atoms with E-state index in [1.807, 2.05) is 0 Å². The summed E-state index contributed by atoms with van der Waals surface area (Å²) in [5.74, 6) is 0.163. The van der Waals surface area contributed by atoms with Crippen molar-refractivity contribution in [3.05, 3.63) is 29.8 Å². The van der Waals surface area contributed by atoms with Crippen LogP contribution in [0.15, 0.2) is 29.2 Å². The molecule has 1 fully saturated rings. The Labute approximate surface area is 132 Å². The molecule has 1 aliphatic carbocycles. The molecule has 0 aromatic heterocycles. The average molecular weight is 326 g/mol. The summed E-state index contributed by atoms with van der Waals surface area (Å²) in [6, 6.07) is 7.10. The number of thiocarbonyl (C=S) groups is 1. The second-order valence-electron chi connectivity index (χ2n) is 5.47. The van der Waals surface area contributed by atoms with Gasteiger partial charge in [-0.25, -0.2) is 8.42 Å². The zero-order chi connectivity index (χ0) is 15.5. The van der Waals surface area contributed by atoms with E-state index in [1.165, 1.54) is 12.8 Å². The van der Waals surface area contributed by atoms with Crippen molar-refractivity contribution in [1.82, 2.24) is 4.90 Å². The summed E-state index contributed by atoms with van der Waals surface area (Å²) in [4.78, 5) is 2.91. The monoisotopic (exact) mass is 326 g/mol. The summed E-state index contributed by atoms with van der Waals surface area (Å²) in [5, 5.41) is 0. The van der Waals surface area contributed by atoms with Crippen LogP contribution in [0.1, 0.15) is 31.7 Å². The Morgan fingerprint density at radius 2 is 1.90 bits per heavy atom. The van der Waals surface area contributed by atoms with Gasteiger partial charge in [-0.15, -0.1) is 0 Å². The van der Waals surface area contributed by atoms with Crippen molar-refractivity contribution in [3.63, 3.8) is 0 Å². The van der Waals surface area contributed by atoms with Crippen molar-refractivity contribution in [3.8, 4) is 0 Å². The van der Waals surface area contributed by atoms with E-state index < -0.39 is 9.84 Å². The van der Waals surface area contributed by atoms with Crippen LogP contribution in [0.2, 0.25) is 0 Å². The van der Waals surface area contributed by atoms with Gasteiger partial charge >= 0.3 is 0 Å². The van der Waals surface area contributed by atoms with Gasteiger partial charge in [0.1, 0.15) is 4.99 Å². The molecule has 0 radical (unpaired) electrons. The summed E-state index contributed by atoms with van der Waals surface area (Å²) < 4.78 is 24.7. The van der Waals surface area contributed by atoms with E-state index in [4.69, 9.17) is 18.0 Å². The predicted octanol–water partition coefficient (Wildman–Crippen LogP) is 1.97. The lowest BCUT2D eigenvalue weighted by Gasteiger charge is -2.20. The first-order valence-corrected chi connectivity index (χ1v) is 9.37. The first-order valence-electron chi connectivity index (χ1n) is 7.30. The molecule has 2 N–H and O–H groups in total. The van der Waals surface area contributed by atoms with Gasteiger partial charge in [-0.05, 0) is 37.9 Å². The molecule has 0 amide bonds. The van der Waals surface area contributed by atoms with Crippen LogP contribution in [0.25, 0.3) is 0 Å². The normalized spacial score (nSPS) is 15.3. The molecule has 6 heteroatoms. The smallest absolute Gasteiger partial charge is 0.179 e. The first-order chi connectivity index (χ1) is 9.94. The summed E-state index contributed by atoms with van der Waals surface area (Å²) in [5.41, 5.74) is 6.21. The third-order valence-electron chi connectivity index (χ3n) is 3.72. The van der Waals surface area contributed by atoms with Crippen molar-refractivity contribution in [2.45, 2.75) is 37.1 Å². The van der Waals surface area contributed by atoms with Crippen molar-refractivity contribution in [2.75, 3.05) is 18.8 Å². The van der Waals surface area contributed by atoms with Crippen LogP contribution in [-0.2, 0) is 9.84 Å². The Hall–Kier alpha value is -0.980. The molecule has 0 saturated heterocycles. The number of benzene rings is 1. The van der Waals surface area contributed by atoms with Gasteiger partial charge in [0, 0.05) is 18.2 Å². The standard InChI is InChI=1S/C15H22N2O2S2/c1-2-9-17(13-5-6-13)10-11-21(18,19)14-7-3-12(4-8-14)15(16)20/h3-4,7-8,13H,2,5-6,9-11H2,1H3,(H2,16,20). The summed E-state index contributed by atoms with van der Waals surface area (Å²) in [6.45, 7) is 3.71. The highest BCUT2D eigenvalue weighted by Gasteiger charge is 2.29. The minimum Gasteiger partial charge on any atom is -0.389 e. The van der Waals surface area contributed by atoms with Crippen molar-refractivity contribution in [2.24, 2.45) is 5.73 Å². The highest BCUT2D eigenvalue weighted by atomic mass is 32.2. The van der Waals surface area contributed by atoms with Gasteiger partial charge in [0.05, 0.1) is 10.6 Å². The molecule has 2 rings (SSSR count). The van der Waals surface area contributed by atoms with Crippen molar-refractivity contribution >= 4 is 27.0 Å². The zero-order valence-electron chi connectivity index (χ0n) is 12.3. The van der Waals surface area contributed by atoms with Gasteiger partial charge in [0.15, 0.2) is 9.84 Å². The first kappa shape index (κ1) is 16.4. The van der Waals surface area contributed by atoms with Crippen LogP contribution in [0, 0.1) is 0 Å². The fourth-order valence-electron chi connectivity index (χ4n) is 2.39. The van der Waals surface area contributed by atoms with Crippen molar-refractivity contribution in [1.29, 1.82) is 0 Å². The molecule has 0 spiro atoms. The van der Waals surface area contributed by atoms with Crippen LogP contribution >= 0.6 is 12.2 Å². The summed E-state index contributed by atoms with van der Waals surface area (Å²) in [7, 11) is -3.25. The van der Waals surface area contributed by atoms with E-state index in [2.05, 4.69) is 11.8 Å². The number of hydrogen-bond donors (Lipinski definition) is 1. The molecule has 0 heterocycles. The average Bonchev–Trinajstić information content (AvgIpc) is 3.28. The lowest BCUT2D eigenvalue weighted by Crippen LogP contribution is -2.32. The van der Waals surface area contributed by atoms with E-state index >= 15 is 0 Å². The van der Waals surface area contributed by atoms with Gasteiger partial charge in [0.25, 0.3) is 0 Å². The fraction of sp³-hybridized carbons (Fsp3) is 0.533. The summed E-state index contributed by atoms with van der Waals surface area (Å²) >= 11 is 4.87. The summed E-state index contributed by atoms with van der Waals surface area (Å²) in [6.07, 6.45) is 3.45. The topological polar surface area (TPSA) is 63.4 Å². The largest absolute Gasteiger partial charge is 0.389 e. The predicted molar refractivity (Wildman–Crippen MR) is 89.3 cm³/mol. The van der Waals surface area contributed by atoms with Gasteiger partial charge in [0.2, 0.25) is 0 Å². The van der Waals surface area contributed by atoms with Crippen LogP contribution < -0.4 is 5.73 Å². The fourth-order valence-corrected chi connectivity index (χ4v) is 3.78. The van der Waals surface area contributed by atoms with E-state index in [0.29, 0.717) is 23.0 Å². The van der Waals surface area contributed by atoms with E-state index in [0.717, 1.165) is 13.0 Å². The Bertz CT molecular complexity index is 593. The van der Waals surface area contributed by atoms with Gasteiger partial charge < -0.3 is 5.73 Å². The molecule has 0 atom stereocenters. The maximum absolute atomic E-state index is 12.4. The van der Waals surface area contributed by atoms with Crippen LogP contribution in [-0.4, -0.2) is 43.2 Å². The molecule has 0 aliphatic heterocycles. The molecule has 0 bridgehead atoms. The molecule has 1 saturated carbocycles. The highest BCUT2D eigenvalue weighted by Crippen LogP contribution is 2.27. The third kappa shape index (κ3) is 4.49. The SMILES string of the molecule is CCCN(CCS(=O)(=O)c1ccc(C(N)=S)cc1)C1CC1. The maximum Gasteiger partial charge on any atom is 0.179 e. The van der Waals surface area contributed by atoms with E-state index in [9.17, 15) is 8.42 Å². The molecular formula is C15H22N2O2S2. The molecule has 1 aromatic rings. The highest BCUT2D eigenvalue weighted by molar-refractivity contribution is 7.91. The van der Waals surface area contributed by atoms with Crippen LogP contribution in [0.3, 0.4) is 0 Å². The van der Waals surface area contributed by atoms with Crippen LogP contribution in [0.5, 0.6) is 0 Å². The lowest BCUT2D eigenvalue weighted by atomic mass is 10.2. The molecule has 0 unspecified atom stereocenters.